The summed E-state index contributed by atoms with van der Waals surface area (Å²) in [5, 5.41) is 12.4. The Bertz CT molecular complexity index is 1670. The van der Waals surface area contributed by atoms with Gasteiger partial charge in [0.2, 0.25) is 5.91 Å². The fourth-order valence-electron chi connectivity index (χ4n) is 6.51. The SMILES string of the molecule is Cc1nc(C2CCN(C(=O)[C@@H]3C[C@@H](N(C)CCC(F)(F)F)C[C@H]3c3ccc(F)cc3F)CC2)n(-c2ccc(Cl)c(C)c2)n1.O=C(O)C(F)(F)F. The molecule has 1 saturated heterocycles. The number of carboxylic acid groups (broad SMARTS) is 1. The summed E-state index contributed by atoms with van der Waals surface area (Å²) in [6.45, 7) is 4.45. The number of aryl methyl sites for hydroxylation is 2. The van der Waals surface area contributed by atoms with Gasteiger partial charge in [-0.3, -0.25) is 4.79 Å². The number of rotatable bonds is 7. The van der Waals surface area contributed by atoms with Crippen LogP contribution < -0.4 is 0 Å². The summed E-state index contributed by atoms with van der Waals surface area (Å²) >= 11 is 6.22. The molecule has 8 nitrogen and oxygen atoms in total. The number of benzene rings is 2. The number of carboxylic acids is 1. The van der Waals surface area contributed by atoms with E-state index < -0.39 is 48.2 Å². The molecule has 0 spiro atoms. The number of nitrogens with zero attached hydrogens (tertiary/aromatic N) is 5. The second-order valence-corrected chi connectivity index (χ2v) is 13.0. The van der Waals surface area contributed by atoms with Crippen LogP contribution in [0.1, 0.15) is 66.7 Å². The van der Waals surface area contributed by atoms with Crippen molar-refractivity contribution in [3.8, 4) is 5.69 Å². The Morgan fingerprint density at radius 2 is 1.64 bits per heavy atom. The molecule has 17 heteroatoms. The maximum absolute atomic E-state index is 14.9. The number of alkyl halides is 6. The van der Waals surface area contributed by atoms with Crippen molar-refractivity contribution in [1.82, 2.24) is 24.6 Å². The molecule has 274 valence electrons. The zero-order valence-corrected chi connectivity index (χ0v) is 28.1. The van der Waals surface area contributed by atoms with Gasteiger partial charge in [0.25, 0.3) is 0 Å². The summed E-state index contributed by atoms with van der Waals surface area (Å²) in [6.07, 6.45) is -8.45. The van der Waals surface area contributed by atoms with Gasteiger partial charge in [-0.1, -0.05) is 17.7 Å². The first kappa shape index (κ1) is 39.0. The lowest BCUT2D eigenvalue weighted by molar-refractivity contribution is -0.192. The smallest absolute Gasteiger partial charge is 0.475 e. The van der Waals surface area contributed by atoms with Crippen molar-refractivity contribution in [2.75, 3.05) is 26.7 Å². The Morgan fingerprint density at radius 1 is 1.00 bits per heavy atom. The molecular weight excluding hydrogens is 702 g/mol. The molecule has 3 aromatic rings. The molecule has 1 aromatic heterocycles. The lowest BCUT2D eigenvalue weighted by atomic mass is 9.86. The van der Waals surface area contributed by atoms with Crippen LogP contribution in [0.5, 0.6) is 0 Å². The molecule has 0 bridgehead atoms. The third kappa shape index (κ3) is 9.71. The topological polar surface area (TPSA) is 91.6 Å². The first-order chi connectivity index (χ1) is 23.2. The van der Waals surface area contributed by atoms with Crippen molar-refractivity contribution >= 4 is 23.5 Å². The van der Waals surface area contributed by atoms with Crippen LogP contribution in [0.4, 0.5) is 35.1 Å². The van der Waals surface area contributed by atoms with E-state index in [0.29, 0.717) is 49.6 Å². The van der Waals surface area contributed by atoms with Crippen molar-refractivity contribution in [3.05, 3.63) is 75.8 Å². The van der Waals surface area contributed by atoms with Crippen LogP contribution in [0.15, 0.2) is 36.4 Å². The maximum Gasteiger partial charge on any atom is 0.490 e. The van der Waals surface area contributed by atoms with E-state index in [2.05, 4.69) is 5.10 Å². The number of hydrogen-bond acceptors (Lipinski definition) is 5. The average Bonchev–Trinajstić information content (AvgIpc) is 3.65. The lowest BCUT2D eigenvalue weighted by Gasteiger charge is -2.34. The summed E-state index contributed by atoms with van der Waals surface area (Å²) in [7, 11) is 1.60. The van der Waals surface area contributed by atoms with Gasteiger partial charge in [-0.05, 0) is 87.9 Å². The van der Waals surface area contributed by atoms with E-state index in [1.165, 1.54) is 6.07 Å². The number of piperidine rings is 1. The molecule has 3 atom stereocenters. The molecule has 2 fully saturated rings. The molecule has 1 N–H and O–H groups in total. The predicted octanol–water partition coefficient (Wildman–Crippen LogP) is 7.60. The van der Waals surface area contributed by atoms with Crippen LogP contribution in [0.3, 0.4) is 0 Å². The number of amides is 1. The highest BCUT2D eigenvalue weighted by Gasteiger charge is 2.45. The van der Waals surface area contributed by atoms with Gasteiger partial charge in [0.15, 0.2) is 0 Å². The molecule has 0 radical (unpaired) electrons. The van der Waals surface area contributed by atoms with Crippen molar-refractivity contribution in [1.29, 1.82) is 0 Å². The number of likely N-dealkylation sites (tertiary alicyclic amines) is 1. The van der Waals surface area contributed by atoms with Gasteiger partial charge in [-0.15, -0.1) is 0 Å². The van der Waals surface area contributed by atoms with E-state index in [4.69, 9.17) is 26.5 Å². The largest absolute Gasteiger partial charge is 0.490 e. The van der Waals surface area contributed by atoms with Gasteiger partial charge in [0.1, 0.15) is 23.3 Å². The third-order valence-corrected chi connectivity index (χ3v) is 9.55. The lowest BCUT2D eigenvalue weighted by Crippen LogP contribution is -2.42. The Balaban J connectivity index is 0.000000727. The normalized spacial score (nSPS) is 20.2. The van der Waals surface area contributed by atoms with E-state index >= 15 is 0 Å². The van der Waals surface area contributed by atoms with E-state index in [1.54, 1.807) is 16.8 Å². The van der Waals surface area contributed by atoms with Crippen LogP contribution in [-0.2, 0) is 9.59 Å². The molecule has 5 rings (SSSR count). The molecule has 1 amide bonds. The standard InChI is InChI=1S/C31H35ClF5N5O.C2HF3O2/c1-18-14-22(5-7-27(18)32)42-29(38-19(2)39-42)20-8-11-41(12-9-20)30(43)26-17-23(40(3)13-10-31(35,36)37)16-25(26)24-6-4-21(33)15-28(24)34;3-2(4,5)1(6)7/h4-7,14-15,20,23,25-26H,8-13,16-17H2,1-3H3;(H,6,7)/t23-,25-,26+;/m0./s1. The summed E-state index contributed by atoms with van der Waals surface area (Å²) in [5.41, 5.74) is 2.00. The van der Waals surface area contributed by atoms with Crippen molar-refractivity contribution in [2.24, 2.45) is 5.92 Å². The second kappa shape index (κ2) is 15.6. The first-order valence-electron chi connectivity index (χ1n) is 15.8. The molecule has 1 saturated carbocycles. The van der Waals surface area contributed by atoms with Gasteiger partial charge >= 0.3 is 18.3 Å². The van der Waals surface area contributed by atoms with Crippen LogP contribution in [0.25, 0.3) is 5.69 Å². The number of halogens is 9. The van der Waals surface area contributed by atoms with Crippen molar-refractivity contribution in [3.63, 3.8) is 0 Å². The fraction of sp³-hybridized carbons (Fsp3) is 0.515. The van der Waals surface area contributed by atoms with E-state index in [0.717, 1.165) is 29.2 Å². The highest BCUT2D eigenvalue weighted by atomic mass is 35.5. The van der Waals surface area contributed by atoms with Crippen molar-refractivity contribution < 1.29 is 49.8 Å². The van der Waals surface area contributed by atoms with Gasteiger partial charge in [0, 0.05) is 48.6 Å². The highest BCUT2D eigenvalue weighted by Crippen LogP contribution is 2.44. The number of aromatic nitrogens is 3. The highest BCUT2D eigenvalue weighted by molar-refractivity contribution is 6.31. The number of aliphatic carboxylic acids is 1. The number of hydrogen-bond donors (Lipinski definition) is 1. The monoisotopic (exact) mass is 737 g/mol. The summed E-state index contributed by atoms with van der Waals surface area (Å²) in [6, 6.07) is 8.64. The molecule has 2 aliphatic rings. The average molecular weight is 738 g/mol. The summed E-state index contributed by atoms with van der Waals surface area (Å²) in [4.78, 5) is 30.9. The Hall–Kier alpha value is -3.79. The van der Waals surface area contributed by atoms with Crippen LogP contribution in [-0.4, -0.2) is 86.6 Å². The number of carbonyl (C=O) groups is 2. The van der Waals surface area contributed by atoms with E-state index in [-0.39, 0.29) is 30.0 Å². The Morgan fingerprint density at radius 3 is 2.20 bits per heavy atom. The molecule has 2 heterocycles. The maximum atomic E-state index is 14.9. The van der Waals surface area contributed by atoms with Crippen LogP contribution in [0.2, 0.25) is 5.02 Å². The van der Waals surface area contributed by atoms with Crippen molar-refractivity contribution in [2.45, 2.75) is 76.2 Å². The predicted molar refractivity (Wildman–Crippen MR) is 167 cm³/mol. The zero-order valence-electron chi connectivity index (χ0n) is 27.3. The molecule has 50 heavy (non-hydrogen) atoms. The van der Waals surface area contributed by atoms with E-state index in [1.807, 2.05) is 36.7 Å². The minimum absolute atomic E-state index is 0.0522. The molecule has 1 aliphatic heterocycles. The van der Waals surface area contributed by atoms with Gasteiger partial charge in [0.05, 0.1) is 12.1 Å². The Labute approximate surface area is 288 Å². The minimum atomic E-state index is -5.08. The van der Waals surface area contributed by atoms with Crippen LogP contribution >= 0.6 is 11.6 Å². The summed E-state index contributed by atoms with van der Waals surface area (Å²) < 4.78 is 101. The molecule has 1 aliphatic carbocycles. The van der Waals surface area contributed by atoms with E-state index in [9.17, 15) is 39.9 Å². The zero-order chi connectivity index (χ0) is 37.1. The first-order valence-corrected chi connectivity index (χ1v) is 16.1. The third-order valence-electron chi connectivity index (χ3n) is 9.13. The van der Waals surface area contributed by atoms with Gasteiger partial charge in [-0.25, -0.2) is 23.2 Å². The minimum Gasteiger partial charge on any atom is -0.475 e. The van der Waals surface area contributed by atoms with Gasteiger partial charge in [-0.2, -0.15) is 31.4 Å². The van der Waals surface area contributed by atoms with Gasteiger partial charge < -0.3 is 14.9 Å². The fourth-order valence-corrected chi connectivity index (χ4v) is 6.63. The summed E-state index contributed by atoms with van der Waals surface area (Å²) in [5.74, 6) is -4.07. The molecule has 2 aromatic carbocycles. The Kier molecular flexibility index (Phi) is 12.2. The molecule has 0 unspecified atom stereocenters. The molecular formula is C33H36ClF8N5O3. The number of carbonyl (C=O) groups excluding carboxylic acids is 1. The second-order valence-electron chi connectivity index (χ2n) is 12.6. The quantitative estimate of drug-likeness (QED) is 0.251. The van der Waals surface area contributed by atoms with Crippen LogP contribution in [0, 0.1) is 31.4 Å².